The average molecular weight is 430 g/mol. The van der Waals surface area contributed by atoms with Crippen LogP contribution in [0, 0.1) is 13.7 Å². The Morgan fingerprint density at radius 3 is 2.45 bits per heavy atom. The molecule has 0 bridgehead atoms. The maximum Gasteiger partial charge on any atom is 0.297 e. The Morgan fingerprint density at radius 1 is 1.14 bits per heavy atom. The third-order valence-corrected chi connectivity index (χ3v) is 3.77. The van der Waals surface area contributed by atoms with Crippen molar-refractivity contribution >= 4 is 28.3 Å². The van der Waals surface area contributed by atoms with Crippen LogP contribution in [0.5, 0.6) is 0 Å². The molecule has 2 aromatic carbocycles. The monoisotopic (exact) mass is 429 g/mol. The molecule has 0 fully saturated rings. The van der Waals surface area contributed by atoms with Crippen LogP contribution in [0.15, 0.2) is 54.9 Å². The predicted molar refractivity (Wildman–Crippen MR) is 82.3 cm³/mol. The molecular formula is C13H9ClIN5O2. The summed E-state index contributed by atoms with van der Waals surface area (Å²) in [5.41, 5.74) is 1.62. The quantitative estimate of drug-likeness (QED) is 0.233. The van der Waals surface area contributed by atoms with Crippen molar-refractivity contribution < 1.29 is 22.1 Å². The van der Waals surface area contributed by atoms with Gasteiger partial charge in [-0.3, -0.25) is 10.1 Å². The summed E-state index contributed by atoms with van der Waals surface area (Å²) in [7, 11) is 0. The number of benzene rings is 2. The topological polar surface area (TPSA) is 77.7 Å². The van der Waals surface area contributed by atoms with E-state index in [0.717, 1.165) is 9.26 Å². The molecule has 9 heteroatoms. The van der Waals surface area contributed by atoms with E-state index >= 15 is 0 Å². The Kier molecular flexibility index (Phi) is 5.03. The van der Waals surface area contributed by atoms with Gasteiger partial charge in [-0.1, -0.05) is 12.1 Å². The molecule has 0 saturated heterocycles. The molecule has 1 heterocycles. The van der Waals surface area contributed by atoms with Crippen molar-refractivity contribution in [1.82, 2.24) is 15.0 Å². The van der Waals surface area contributed by atoms with Crippen LogP contribution in [0.1, 0.15) is 0 Å². The third kappa shape index (κ3) is 3.07. The number of nitro groups is 1. The van der Waals surface area contributed by atoms with Crippen LogP contribution in [0.3, 0.4) is 0 Å². The van der Waals surface area contributed by atoms with Gasteiger partial charge in [0.05, 0.1) is 13.6 Å². The minimum atomic E-state index is -0.431. The lowest BCUT2D eigenvalue weighted by atomic mass is 10.3. The van der Waals surface area contributed by atoms with Gasteiger partial charge in [-0.15, -0.1) is 0 Å². The number of tetrazole rings is 1. The van der Waals surface area contributed by atoms with Crippen molar-refractivity contribution in [2.75, 3.05) is 0 Å². The van der Waals surface area contributed by atoms with E-state index in [9.17, 15) is 10.1 Å². The van der Waals surface area contributed by atoms with Crippen LogP contribution >= 0.6 is 22.6 Å². The Bertz CT molecular complexity index is 806. The molecule has 0 spiro atoms. The molecule has 7 nitrogen and oxygen atoms in total. The first-order valence-corrected chi connectivity index (χ1v) is 7.07. The SMILES string of the molecule is O=[N+]([O-])c1ccc(-n2ncn[n+]2-c2ccccc2I)cc1.[Cl-]. The van der Waals surface area contributed by atoms with Crippen LogP contribution < -0.4 is 17.2 Å². The van der Waals surface area contributed by atoms with E-state index in [1.807, 2.05) is 24.3 Å². The highest BCUT2D eigenvalue weighted by Gasteiger charge is 2.18. The van der Waals surface area contributed by atoms with E-state index in [-0.39, 0.29) is 18.1 Å². The van der Waals surface area contributed by atoms with E-state index < -0.39 is 4.92 Å². The summed E-state index contributed by atoms with van der Waals surface area (Å²) in [6.07, 6.45) is 1.44. The molecule has 0 N–H and O–H groups in total. The Labute approximate surface area is 145 Å². The van der Waals surface area contributed by atoms with Crippen LogP contribution in [0.2, 0.25) is 0 Å². The molecule has 0 radical (unpaired) electrons. The van der Waals surface area contributed by atoms with Crippen LogP contribution in [0.25, 0.3) is 11.4 Å². The number of hydrogen-bond acceptors (Lipinski definition) is 4. The molecule has 0 atom stereocenters. The number of non-ortho nitro benzene ring substituents is 1. The highest BCUT2D eigenvalue weighted by molar-refractivity contribution is 14.1. The third-order valence-electron chi connectivity index (χ3n) is 2.86. The molecular weight excluding hydrogens is 421 g/mol. The number of para-hydroxylation sites is 1. The first-order chi connectivity index (χ1) is 10.2. The lowest BCUT2D eigenvalue weighted by molar-refractivity contribution is -0.735. The number of nitro benzene ring substituents is 1. The maximum atomic E-state index is 10.7. The number of aromatic nitrogens is 4. The highest BCUT2D eigenvalue weighted by Crippen LogP contribution is 2.15. The van der Waals surface area contributed by atoms with Gasteiger partial charge in [-0.2, -0.15) is 0 Å². The normalized spacial score (nSPS) is 10.0. The lowest BCUT2D eigenvalue weighted by Crippen LogP contribution is -3.00. The lowest BCUT2D eigenvalue weighted by Gasteiger charge is -2.01. The highest BCUT2D eigenvalue weighted by atomic mass is 127. The van der Waals surface area contributed by atoms with E-state index in [4.69, 9.17) is 0 Å². The first kappa shape index (κ1) is 16.3. The van der Waals surface area contributed by atoms with Crippen molar-refractivity contribution in [1.29, 1.82) is 0 Å². The molecule has 3 rings (SSSR count). The fourth-order valence-corrected chi connectivity index (χ4v) is 2.48. The van der Waals surface area contributed by atoms with Gasteiger partial charge in [0.2, 0.25) is 0 Å². The summed E-state index contributed by atoms with van der Waals surface area (Å²) in [6, 6.07) is 13.9. The maximum absolute atomic E-state index is 10.7. The molecule has 0 aliphatic carbocycles. The van der Waals surface area contributed by atoms with Gasteiger partial charge in [-0.25, -0.2) is 0 Å². The van der Waals surface area contributed by atoms with Gasteiger partial charge in [-0.05, 0) is 56.8 Å². The zero-order chi connectivity index (χ0) is 14.8. The molecule has 1 aromatic heterocycles. The Hall–Kier alpha value is -2.07. The van der Waals surface area contributed by atoms with Gasteiger partial charge in [0.15, 0.2) is 5.69 Å². The molecule has 0 unspecified atom stereocenters. The molecule has 0 aliphatic heterocycles. The second kappa shape index (κ2) is 6.79. The largest absolute Gasteiger partial charge is 1.00 e. The zero-order valence-corrected chi connectivity index (χ0v) is 13.9. The Balaban J connectivity index is 0.00000176. The Morgan fingerprint density at radius 2 is 1.82 bits per heavy atom. The van der Waals surface area contributed by atoms with E-state index in [1.165, 1.54) is 18.5 Å². The number of rotatable bonds is 3. The smallest absolute Gasteiger partial charge is 0.297 e. The van der Waals surface area contributed by atoms with Gasteiger partial charge in [0, 0.05) is 16.9 Å². The first-order valence-electron chi connectivity index (χ1n) is 5.99. The minimum absolute atomic E-state index is 0. The zero-order valence-electron chi connectivity index (χ0n) is 11.0. The number of halogens is 2. The van der Waals surface area contributed by atoms with Crippen LogP contribution in [-0.4, -0.2) is 19.9 Å². The number of hydrogen-bond donors (Lipinski definition) is 0. The molecule has 0 saturated carbocycles. The summed E-state index contributed by atoms with van der Waals surface area (Å²) >= 11 is 2.22. The summed E-state index contributed by atoms with van der Waals surface area (Å²) in [6.45, 7) is 0. The van der Waals surface area contributed by atoms with Crippen LogP contribution in [0.4, 0.5) is 5.69 Å². The molecule has 3 aromatic rings. The van der Waals surface area contributed by atoms with Crippen molar-refractivity contribution in [3.8, 4) is 11.4 Å². The second-order valence-corrected chi connectivity index (χ2v) is 5.31. The fraction of sp³-hybridized carbons (Fsp3) is 0. The van der Waals surface area contributed by atoms with Crippen LogP contribution in [-0.2, 0) is 0 Å². The summed E-state index contributed by atoms with van der Waals surface area (Å²) in [5, 5.41) is 19.1. The summed E-state index contributed by atoms with van der Waals surface area (Å²) in [5.74, 6) is 0. The van der Waals surface area contributed by atoms with Gasteiger partial charge in [0.25, 0.3) is 12.0 Å². The summed E-state index contributed by atoms with van der Waals surface area (Å²) < 4.78 is 1.02. The molecule has 112 valence electrons. The molecule has 0 aliphatic rings. The number of nitrogens with zero attached hydrogens (tertiary/aromatic N) is 5. The fourth-order valence-electron chi connectivity index (χ4n) is 1.88. The minimum Gasteiger partial charge on any atom is -1.00 e. The van der Waals surface area contributed by atoms with Crippen molar-refractivity contribution in [3.05, 3.63) is 68.5 Å². The molecule has 22 heavy (non-hydrogen) atoms. The second-order valence-electron chi connectivity index (χ2n) is 4.15. The van der Waals surface area contributed by atoms with Gasteiger partial charge < -0.3 is 12.4 Å². The van der Waals surface area contributed by atoms with E-state index in [0.29, 0.717) is 5.69 Å². The van der Waals surface area contributed by atoms with E-state index in [1.54, 1.807) is 21.7 Å². The average Bonchev–Trinajstić information content (AvgIpc) is 2.97. The van der Waals surface area contributed by atoms with Crippen molar-refractivity contribution in [2.24, 2.45) is 0 Å². The molecule has 0 amide bonds. The summed E-state index contributed by atoms with van der Waals surface area (Å²) in [4.78, 5) is 13.5. The van der Waals surface area contributed by atoms with Gasteiger partial charge >= 0.3 is 0 Å². The van der Waals surface area contributed by atoms with Crippen molar-refractivity contribution in [3.63, 3.8) is 0 Å². The van der Waals surface area contributed by atoms with E-state index in [2.05, 4.69) is 32.8 Å². The standard InChI is InChI=1S/C13H9IN5O2.ClH/c14-12-3-1-2-4-13(12)18-16-9-15-17(18)10-5-7-11(8-6-10)19(20)21;/h1-9H;1H/q+1;/p-1. The van der Waals surface area contributed by atoms with Crippen molar-refractivity contribution in [2.45, 2.75) is 0 Å². The predicted octanol–water partition coefficient (Wildman–Crippen LogP) is -0.939. The van der Waals surface area contributed by atoms with Gasteiger partial charge in [0.1, 0.15) is 5.69 Å².